The van der Waals surface area contributed by atoms with Crippen LogP contribution in [0.15, 0.2) is 23.2 Å². The molecule has 1 aromatic rings. The second kappa shape index (κ2) is 9.79. The van der Waals surface area contributed by atoms with Crippen molar-refractivity contribution in [3.63, 3.8) is 0 Å². The number of benzene rings is 1. The minimum atomic E-state index is -0.337. The molecule has 0 amide bonds. The lowest BCUT2D eigenvalue weighted by Crippen LogP contribution is -2.32. The van der Waals surface area contributed by atoms with Gasteiger partial charge in [0, 0.05) is 12.6 Å². The molecule has 0 saturated carbocycles. The first kappa shape index (κ1) is 18.9. The number of nitrogens with one attached hydrogen (secondary N) is 1. The number of aliphatic imine (C=N–C) groups is 1. The van der Waals surface area contributed by atoms with Gasteiger partial charge in [-0.3, -0.25) is 0 Å². The van der Waals surface area contributed by atoms with Gasteiger partial charge in [0.05, 0.1) is 13.7 Å². The second-order valence-electron chi connectivity index (χ2n) is 4.81. The Morgan fingerprint density at radius 2 is 2.10 bits per heavy atom. The molecule has 1 rings (SSSR count). The van der Waals surface area contributed by atoms with Crippen molar-refractivity contribution in [1.82, 2.24) is 5.32 Å². The Morgan fingerprint density at radius 1 is 1.40 bits per heavy atom. The van der Waals surface area contributed by atoms with E-state index in [9.17, 15) is 4.39 Å². The quantitative estimate of drug-likeness (QED) is 0.443. The highest BCUT2D eigenvalue weighted by atomic mass is 127. The Kier molecular flexibility index (Phi) is 9.28. The number of hydrogen-bond donors (Lipinski definition) is 2. The molecule has 0 spiro atoms. The molecule has 1 aromatic carbocycles. The van der Waals surface area contributed by atoms with Crippen molar-refractivity contribution < 1.29 is 9.13 Å². The minimum Gasteiger partial charge on any atom is -0.497 e. The fourth-order valence-corrected chi connectivity index (χ4v) is 1.55. The number of rotatable bonds is 6. The van der Waals surface area contributed by atoms with Crippen molar-refractivity contribution >= 4 is 29.9 Å². The summed E-state index contributed by atoms with van der Waals surface area (Å²) < 4.78 is 18.3. The Labute approximate surface area is 137 Å². The van der Waals surface area contributed by atoms with Crippen LogP contribution < -0.4 is 15.8 Å². The maximum atomic E-state index is 13.3. The predicted octanol–water partition coefficient (Wildman–Crippen LogP) is 2.90. The third-order valence-corrected chi connectivity index (χ3v) is 2.63. The van der Waals surface area contributed by atoms with Gasteiger partial charge < -0.3 is 15.8 Å². The summed E-state index contributed by atoms with van der Waals surface area (Å²) in [6, 6.07) is 4.50. The van der Waals surface area contributed by atoms with E-state index < -0.39 is 0 Å². The smallest absolute Gasteiger partial charge is 0.188 e. The van der Waals surface area contributed by atoms with E-state index in [0.29, 0.717) is 24.2 Å². The highest BCUT2D eigenvalue weighted by molar-refractivity contribution is 14.0. The fourth-order valence-electron chi connectivity index (χ4n) is 1.55. The van der Waals surface area contributed by atoms with E-state index in [-0.39, 0.29) is 29.8 Å². The third kappa shape index (κ3) is 7.52. The zero-order valence-electron chi connectivity index (χ0n) is 12.1. The average Bonchev–Trinajstić information content (AvgIpc) is 2.35. The molecule has 3 N–H and O–H groups in total. The minimum absolute atomic E-state index is 0. The molecular weight excluding hydrogens is 372 g/mol. The normalized spacial score (nSPS) is 11.2. The van der Waals surface area contributed by atoms with E-state index >= 15 is 0 Å². The standard InChI is InChI=1S/C14H22FN3O.HI/c1-10(2)4-5-17-14(16)18-9-11-6-12(15)8-13(7-11)19-3;/h6-8,10H,4-5,9H2,1-3H3,(H3,16,17,18);1H. The lowest BCUT2D eigenvalue weighted by Gasteiger charge is -2.08. The van der Waals surface area contributed by atoms with E-state index in [1.807, 2.05) is 0 Å². The highest BCUT2D eigenvalue weighted by Gasteiger charge is 2.01. The highest BCUT2D eigenvalue weighted by Crippen LogP contribution is 2.16. The first-order valence-corrected chi connectivity index (χ1v) is 6.38. The fraction of sp³-hybridized carbons (Fsp3) is 0.500. The first-order chi connectivity index (χ1) is 9.01. The van der Waals surface area contributed by atoms with E-state index in [2.05, 4.69) is 24.2 Å². The number of nitrogens with zero attached hydrogens (tertiary/aromatic N) is 1. The summed E-state index contributed by atoms with van der Waals surface area (Å²) in [4.78, 5) is 4.17. The largest absolute Gasteiger partial charge is 0.497 e. The van der Waals surface area contributed by atoms with E-state index in [0.717, 1.165) is 18.5 Å². The number of methoxy groups -OCH3 is 1. The van der Waals surface area contributed by atoms with Crippen LogP contribution in [0.5, 0.6) is 5.75 Å². The van der Waals surface area contributed by atoms with Crippen LogP contribution in [0, 0.1) is 11.7 Å². The SMILES string of the molecule is COc1cc(F)cc(CN=C(N)NCCC(C)C)c1.I. The molecule has 0 aliphatic rings. The van der Waals surface area contributed by atoms with Gasteiger partial charge in [0.1, 0.15) is 11.6 Å². The van der Waals surface area contributed by atoms with Crippen molar-refractivity contribution in [2.75, 3.05) is 13.7 Å². The summed E-state index contributed by atoms with van der Waals surface area (Å²) in [6.45, 7) is 5.41. The number of nitrogens with two attached hydrogens (primary N) is 1. The number of guanidine groups is 1. The maximum Gasteiger partial charge on any atom is 0.188 e. The molecule has 0 radical (unpaired) electrons. The second-order valence-corrected chi connectivity index (χ2v) is 4.81. The molecule has 0 atom stereocenters. The third-order valence-electron chi connectivity index (χ3n) is 2.63. The Hall–Kier alpha value is -1.05. The molecule has 0 aliphatic heterocycles. The van der Waals surface area contributed by atoms with Crippen LogP contribution >= 0.6 is 24.0 Å². The van der Waals surface area contributed by atoms with E-state index in [1.54, 1.807) is 6.07 Å². The summed E-state index contributed by atoms with van der Waals surface area (Å²) >= 11 is 0. The van der Waals surface area contributed by atoms with Gasteiger partial charge in [-0.2, -0.15) is 0 Å². The lowest BCUT2D eigenvalue weighted by atomic mass is 10.1. The van der Waals surface area contributed by atoms with E-state index in [1.165, 1.54) is 19.2 Å². The van der Waals surface area contributed by atoms with Crippen LogP contribution in [0.4, 0.5) is 4.39 Å². The van der Waals surface area contributed by atoms with Crippen molar-refractivity contribution in [2.45, 2.75) is 26.8 Å². The van der Waals surface area contributed by atoms with Crippen LogP contribution in [-0.2, 0) is 6.54 Å². The summed E-state index contributed by atoms with van der Waals surface area (Å²) in [5, 5.41) is 3.03. The summed E-state index contributed by atoms with van der Waals surface area (Å²) in [5.41, 5.74) is 6.46. The molecule has 20 heavy (non-hydrogen) atoms. The molecule has 0 heterocycles. The molecular formula is C14H23FIN3O. The van der Waals surface area contributed by atoms with Crippen LogP contribution in [0.25, 0.3) is 0 Å². The molecule has 0 unspecified atom stereocenters. The summed E-state index contributed by atoms with van der Waals surface area (Å²) in [7, 11) is 1.50. The van der Waals surface area contributed by atoms with Crippen LogP contribution in [-0.4, -0.2) is 19.6 Å². The molecule has 114 valence electrons. The van der Waals surface area contributed by atoms with Crippen molar-refractivity contribution in [3.05, 3.63) is 29.6 Å². The monoisotopic (exact) mass is 395 g/mol. The molecule has 6 heteroatoms. The molecule has 4 nitrogen and oxygen atoms in total. The zero-order valence-corrected chi connectivity index (χ0v) is 14.5. The maximum absolute atomic E-state index is 13.3. The van der Waals surface area contributed by atoms with Crippen molar-refractivity contribution in [2.24, 2.45) is 16.6 Å². The molecule has 0 bridgehead atoms. The first-order valence-electron chi connectivity index (χ1n) is 6.38. The van der Waals surface area contributed by atoms with Gasteiger partial charge in [0.2, 0.25) is 0 Å². The summed E-state index contributed by atoms with van der Waals surface area (Å²) in [6.07, 6.45) is 1.03. The van der Waals surface area contributed by atoms with Crippen molar-refractivity contribution in [3.8, 4) is 5.75 Å². The van der Waals surface area contributed by atoms with Gasteiger partial charge in [-0.25, -0.2) is 9.38 Å². The predicted molar refractivity (Wildman–Crippen MR) is 91.2 cm³/mol. The topological polar surface area (TPSA) is 59.6 Å². The lowest BCUT2D eigenvalue weighted by molar-refractivity contribution is 0.410. The Bertz CT molecular complexity index is 438. The molecule has 0 fully saturated rings. The Morgan fingerprint density at radius 3 is 2.70 bits per heavy atom. The molecule has 0 aliphatic carbocycles. The van der Waals surface area contributed by atoms with Gasteiger partial charge in [-0.05, 0) is 30.0 Å². The van der Waals surface area contributed by atoms with Crippen LogP contribution in [0.1, 0.15) is 25.8 Å². The van der Waals surface area contributed by atoms with Gasteiger partial charge in [-0.15, -0.1) is 24.0 Å². The Balaban J connectivity index is 0.00000361. The van der Waals surface area contributed by atoms with Gasteiger partial charge in [-0.1, -0.05) is 13.8 Å². The number of ether oxygens (including phenoxy) is 1. The molecule has 0 saturated heterocycles. The molecule has 0 aromatic heterocycles. The number of hydrogen-bond acceptors (Lipinski definition) is 2. The van der Waals surface area contributed by atoms with Crippen molar-refractivity contribution in [1.29, 1.82) is 0 Å². The van der Waals surface area contributed by atoms with Crippen LogP contribution in [0.3, 0.4) is 0 Å². The van der Waals surface area contributed by atoms with Gasteiger partial charge >= 0.3 is 0 Å². The zero-order chi connectivity index (χ0) is 14.3. The number of halogens is 2. The van der Waals surface area contributed by atoms with Gasteiger partial charge in [0.25, 0.3) is 0 Å². The van der Waals surface area contributed by atoms with Gasteiger partial charge in [0.15, 0.2) is 5.96 Å². The average molecular weight is 395 g/mol. The van der Waals surface area contributed by atoms with E-state index in [4.69, 9.17) is 10.5 Å². The summed E-state index contributed by atoms with van der Waals surface area (Å²) in [5.74, 6) is 1.14. The van der Waals surface area contributed by atoms with Crippen LogP contribution in [0.2, 0.25) is 0 Å².